The SMILES string of the molecule is C[C@@H]1CC2=C(Cc3ccccc32)[C@@H](c2c(F)cnc(OCCNCCCF)c2Cl)N1C[C@H](C)C(=O)O. The molecule has 2 N–H and O–H groups in total. The Kier molecular flexibility index (Phi) is 8.59. The van der Waals surface area contributed by atoms with E-state index in [0.29, 0.717) is 25.9 Å². The van der Waals surface area contributed by atoms with Gasteiger partial charge in [0.15, 0.2) is 0 Å². The zero-order valence-electron chi connectivity index (χ0n) is 20.6. The minimum absolute atomic E-state index is 0.0330. The third-order valence-corrected chi connectivity index (χ3v) is 7.36. The van der Waals surface area contributed by atoms with Gasteiger partial charge in [-0.2, -0.15) is 0 Å². The van der Waals surface area contributed by atoms with Crippen LogP contribution < -0.4 is 10.1 Å². The van der Waals surface area contributed by atoms with Crippen LogP contribution in [-0.2, 0) is 11.2 Å². The molecule has 1 aromatic carbocycles. The topological polar surface area (TPSA) is 74.7 Å². The van der Waals surface area contributed by atoms with Gasteiger partial charge in [-0.25, -0.2) is 9.37 Å². The van der Waals surface area contributed by atoms with Crippen LogP contribution >= 0.6 is 11.6 Å². The molecule has 9 heteroatoms. The molecule has 2 aliphatic rings. The number of halogens is 3. The predicted octanol–water partition coefficient (Wildman–Crippen LogP) is 5.07. The van der Waals surface area contributed by atoms with Gasteiger partial charge in [0.1, 0.15) is 17.4 Å². The molecule has 2 heterocycles. The van der Waals surface area contributed by atoms with Crippen molar-refractivity contribution >= 4 is 23.1 Å². The van der Waals surface area contributed by atoms with Crippen LogP contribution in [-0.4, -0.2) is 59.9 Å². The highest BCUT2D eigenvalue weighted by molar-refractivity contribution is 6.32. The van der Waals surface area contributed by atoms with Crippen molar-refractivity contribution in [2.45, 2.75) is 45.2 Å². The van der Waals surface area contributed by atoms with Crippen molar-refractivity contribution in [1.82, 2.24) is 15.2 Å². The summed E-state index contributed by atoms with van der Waals surface area (Å²) in [5.74, 6) is -1.97. The number of hydrogen-bond donors (Lipinski definition) is 2. The summed E-state index contributed by atoms with van der Waals surface area (Å²) in [6.45, 7) is 4.81. The summed E-state index contributed by atoms with van der Waals surface area (Å²) in [6, 6.07) is 7.59. The maximum Gasteiger partial charge on any atom is 0.307 e. The molecular formula is C27H32ClF2N3O3. The third kappa shape index (κ3) is 5.41. The van der Waals surface area contributed by atoms with Crippen LogP contribution in [0.25, 0.3) is 5.57 Å². The molecule has 1 aliphatic carbocycles. The Hall–Kier alpha value is -2.55. The van der Waals surface area contributed by atoms with Gasteiger partial charge in [0.2, 0.25) is 5.88 Å². The van der Waals surface area contributed by atoms with Gasteiger partial charge >= 0.3 is 5.97 Å². The van der Waals surface area contributed by atoms with Gasteiger partial charge in [-0.15, -0.1) is 0 Å². The van der Waals surface area contributed by atoms with Gasteiger partial charge < -0.3 is 15.2 Å². The van der Waals surface area contributed by atoms with Crippen molar-refractivity contribution < 1.29 is 23.4 Å². The summed E-state index contributed by atoms with van der Waals surface area (Å²) in [5, 5.41) is 12.8. The normalized spacial score (nSPS) is 20.2. The lowest BCUT2D eigenvalue weighted by Crippen LogP contribution is -2.44. The van der Waals surface area contributed by atoms with E-state index in [-0.39, 0.29) is 42.3 Å². The molecular weight excluding hydrogens is 488 g/mol. The summed E-state index contributed by atoms with van der Waals surface area (Å²) >= 11 is 6.76. The Bertz CT molecular complexity index is 1140. The predicted molar refractivity (Wildman–Crippen MR) is 136 cm³/mol. The average molecular weight is 520 g/mol. The summed E-state index contributed by atoms with van der Waals surface area (Å²) in [4.78, 5) is 17.9. The summed E-state index contributed by atoms with van der Waals surface area (Å²) < 4.78 is 33.5. The number of aromatic nitrogens is 1. The number of pyridine rings is 1. The van der Waals surface area contributed by atoms with Crippen LogP contribution in [0.3, 0.4) is 0 Å². The van der Waals surface area contributed by atoms with Crippen molar-refractivity contribution in [1.29, 1.82) is 0 Å². The lowest BCUT2D eigenvalue weighted by molar-refractivity contribution is -0.142. The molecule has 0 amide bonds. The molecule has 36 heavy (non-hydrogen) atoms. The van der Waals surface area contributed by atoms with E-state index in [2.05, 4.69) is 27.3 Å². The number of nitrogens with zero attached hydrogens (tertiary/aromatic N) is 2. The fourth-order valence-corrected chi connectivity index (χ4v) is 5.49. The van der Waals surface area contributed by atoms with Crippen LogP contribution in [0, 0.1) is 11.7 Å². The number of carboxylic acid groups (broad SMARTS) is 1. The average Bonchev–Trinajstić information content (AvgIpc) is 3.22. The summed E-state index contributed by atoms with van der Waals surface area (Å²) in [6.07, 6.45) is 2.93. The first-order valence-corrected chi connectivity index (χ1v) is 12.7. The van der Waals surface area contributed by atoms with Gasteiger partial charge in [0.25, 0.3) is 0 Å². The first-order valence-electron chi connectivity index (χ1n) is 12.4. The molecule has 0 bridgehead atoms. The van der Waals surface area contributed by atoms with E-state index in [1.165, 1.54) is 11.1 Å². The summed E-state index contributed by atoms with van der Waals surface area (Å²) in [7, 11) is 0. The molecule has 1 aliphatic heterocycles. The van der Waals surface area contributed by atoms with Gasteiger partial charge in [0.05, 0.1) is 24.8 Å². The fraction of sp³-hybridized carbons (Fsp3) is 0.481. The number of rotatable bonds is 11. The highest BCUT2D eigenvalue weighted by atomic mass is 35.5. The van der Waals surface area contributed by atoms with Crippen LogP contribution in [0.4, 0.5) is 8.78 Å². The molecule has 6 nitrogen and oxygen atoms in total. The number of ether oxygens (including phenoxy) is 1. The first kappa shape index (κ1) is 26.5. The number of nitrogens with one attached hydrogen (secondary N) is 1. The third-order valence-electron chi connectivity index (χ3n) is 7.00. The highest BCUT2D eigenvalue weighted by Gasteiger charge is 2.42. The van der Waals surface area contributed by atoms with E-state index >= 15 is 4.39 Å². The second-order valence-corrected chi connectivity index (χ2v) is 9.89. The van der Waals surface area contributed by atoms with E-state index in [1.807, 2.05) is 19.1 Å². The van der Waals surface area contributed by atoms with E-state index in [0.717, 1.165) is 23.8 Å². The summed E-state index contributed by atoms with van der Waals surface area (Å²) in [5.41, 5.74) is 4.81. The van der Waals surface area contributed by atoms with Crippen molar-refractivity contribution in [2.75, 3.05) is 32.9 Å². The number of hydrogen-bond acceptors (Lipinski definition) is 5. The number of carbonyl (C=O) groups is 1. The molecule has 0 radical (unpaired) electrons. The molecule has 0 unspecified atom stereocenters. The Morgan fingerprint density at radius 3 is 2.89 bits per heavy atom. The highest BCUT2D eigenvalue weighted by Crippen LogP contribution is 2.51. The van der Waals surface area contributed by atoms with Crippen LogP contribution in [0.1, 0.15) is 49.4 Å². The standard InChI is InChI=1S/C27H32ClF2N3O3/c1-16(27(34)35)15-33-17(2)12-20-19-7-4-3-6-18(19)13-21(20)25(33)23-22(30)14-32-26(24(23)28)36-11-10-31-9-5-8-29/h3-4,6-7,14,16-17,25,31H,5,8-13,15H2,1-2H3,(H,34,35)/t16-,17+,25-/m0/s1. The van der Waals surface area contributed by atoms with Gasteiger partial charge in [-0.05, 0) is 55.0 Å². The van der Waals surface area contributed by atoms with Crippen molar-refractivity contribution in [2.24, 2.45) is 5.92 Å². The van der Waals surface area contributed by atoms with Gasteiger partial charge in [0, 0.05) is 24.7 Å². The lowest BCUT2D eigenvalue weighted by atomic mass is 9.84. The van der Waals surface area contributed by atoms with Crippen LogP contribution in [0.5, 0.6) is 5.88 Å². The Morgan fingerprint density at radius 2 is 2.14 bits per heavy atom. The van der Waals surface area contributed by atoms with Gasteiger partial charge in [-0.3, -0.25) is 14.1 Å². The quantitative estimate of drug-likeness (QED) is 0.404. The Morgan fingerprint density at radius 1 is 1.36 bits per heavy atom. The minimum Gasteiger partial charge on any atom is -0.481 e. The molecule has 3 atom stereocenters. The molecule has 0 saturated carbocycles. The molecule has 0 fully saturated rings. The zero-order chi connectivity index (χ0) is 25.8. The lowest BCUT2D eigenvalue weighted by Gasteiger charge is -2.43. The fourth-order valence-electron chi connectivity index (χ4n) is 5.19. The smallest absolute Gasteiger partial charge is 0.307 e. The molecule has 0 spiro atoms. The van der Waals surface area contributed by atoms with Crippen LogP contribution in [0.2, 0.25) is 5.02 Å². The maximum atomic E-state index is 15.5. The number of aliphatic carboxylic acids is 1. The molecule has 1 aromatic heterocycles. The largest absolute Gasteiger partial charge is 0.481 e. The second kappa shape index (κ2) is 11.7. The minimum atomic E-state index is -0.902. The van der Waals surface area contributed by atoms with E-state index in [4.69, 9.17) is 16.3 Å². The van der Waals surface area contributed by atoms with Crippen molar-refractivity contribution in [3.63, 3.8) is 0 Å². The van der Waals surface area contributed by atoms with Crippen molar-refractivity contribution in [3.8, 4) is 5.88 Å². The second-order valence-electron chi connectivity index (χ2n) is 9.51. The molecule has 0 saturated heterocycles. The number of benzene rings is 1. The van der Waals surface area contributed by atoms with Gasteiger partial charge in [-0.1, -0.05) is 42.8 Å². The monoisotopic (exact) mass is 519 g/mol. The van der Waals surface area contributed by atoms with E-state index in [1.54, 1.807) is 6.92 Å². The first-order chi connectivity index (χ1) is 17.3. The Labute approximate surface area is 215 Å². The van der Waals surface area contributed by atoms with Crippen molar-refractivity contribution in [3.05, 3.63) is 63.6 Å². The van der Waals surface area contributed by atoms with Crippen LogP contribution in [0.15, 0.2) is 36.0 Å². The zero-order valence-corrected chi connectivity index (χ0v) is 21.3. The number of alkyl halides is 1. The molecule has 194 valence electrons. The number of carboxylic acids is 1. The molecule has 4 rings (SSSR count). The number of fused-ring (bicyclic) bond motifs is 2. The van der Waals surface area contributed by atoms with E-state index < -0.39 is 23.7 Å². The Balaban J connectivity index is 1.71. The van der Waals surface area contributed by atoms with E-state index in [9.17, 15) is 14.3 Å². The molecule has 2 aromatic rings. The maximum absolute atomic E-state index is 15.5.